The SMILES string of the molecule is COc1ccc(C)cc1-n1cc(C(=O)Nc2ccc(F)cc2-c2nnc(C)o2)ccc1=O. The number of methoxy groups -OCH3 is 1. The molecule has 1 amide bonds. The molecule has 2 heterocycles. The third-order valence-corrected chi connectivity index (χ3v) is 4.75. The first kappa shape index (κ1) is 21.0. The molecule has 8 nitrogen and oxygen atoms in total. The summed E-state index contributed by atoms with van der Waals surface area (Å²) in [5.74, 6) is -0.154. The summed E-state index contributed by atoms with van der Waals surface area (Å²) in [6.45, 7) is 3.50. The molecule has 9 heteroatoms. The summed E-state index contributed by atoms with van der Waals surface area (Å²) >= 11 is 0. The van der Waals surface area contributed by atoms with Gasteiger partial charge in [-0.2, -0.15) is 0 Å². The van der Waals surface area contributed by atoms with Crippen molar-refractivity contribution in [2.24, 2.45) is 0 Å². The zero-order chi connectivity index (χ0) is 22.8. The molecule has 0 aliphatic heterocycles. The number of ether oxygens (including phenoxy) is 1. The van der Waals surface area contributed by atoms with Gasteiger partial charge in [-0.15, -0.1) is 10.2 Å². The second-order valence-electron chi connectivity index (χ2n) is 7.07. The molecule has 0 saturated heterocycles. The van der Waals surface area contributed by atoms with Gasteiger partial charge in [0.25, 0.3) is 11.5 Å². The van der Waals surface area contributed by atoms with Gasteiger partial charge in [0, 0.05) is 19.2 Å². The summed E-state index contributed by atoms with van der Waals surface area (Å²) in [7, 11) is 1.51. The number of nitrogens with zero attached hydrogens (tertiary/aromatic N) is 3. The van der Waals surface area contributed by atoms with Crippen molar-refractivity contribution in [3.63, 3.8) is 0 Å². The van der Waals surface area contributed by atoms with Crippen LogP contribution in [0.5, 0.6) is 5.75 Å². The fourth-order valence-electron chi connectivity index (χ4n) is 3.20. The Balaban J connectivity index is 1.72. The Bertz CT molecular complexity index is 1380. The van der Waals surface area contributed by atoms with E-state index in [1.54, 1.807) is 19.1 Å². The summed E-state index contributed by atoms with van der Waals surface area (Å²) in [5, 5.41) is 10.4. The zero-order valence-electron chi connectivity index (χ0n) is 17.5. The van der Waals surface area contributed by atoms with Gasteiger partial charge in [0.15, 0.2) is 0 Å². The highest BCUT2D eigenvalue weighted by Crippen LogP contribution is 2.28. The molecule has 0 spiro atoms. The van der Waals surface area contributed by atoms with Crippen LogP contribution in [-0.2, 0) is 0 Å². The van der Waals surface area contributed by atoms with Crippen molar-refractivity contribution in [2.45, 2.75) is 13.8 Å². The van der Waals surface area contributed by atoms with E-state index in [2.05, 4.69) is 15.5 Å². The quantitative estimate of drug-likeness (QED) is 0.511. The fourth-order valence-corrected chi connectivity index (χ4v) is 3.20. The Kier molecular flexibility index (Phi) is 5.55. The number of aromatic nitrogens is 3. The molecular formula is C23H19FN4O4. The van der Waals surface area contributed by atoms with Crippen LogP contribution in [0.1, 0.15) is 21.8 Å². The Morgan fingerprint density at radius 1 is 1.09 bits per heavy atom. The first-order chi connectivity index (χ1) is 15.4. The Morgan fingerprint density at radius 3 is 2.62 bits per heavy atom. The van der Waals surface area contributed by atoms with Gasteiger partial charge in [0.2, 0.25) is 11.8 Å². The minimum absolute atomic E-state index is 0.0757. The van der Waals surface area contributed by atoms with E-state index in [4.69, 9.17) is 9.15 Å². The second-order valence-corrected chi connectivity index (χ2v) is 7.07. The summed E-state index contributed by atoms with van der Waals surface area (Å²) in [5.41, 5.74) is 1.85. The van der Waals surface area contributed by atoms with E-state index in [1.165, 1.54) is 48.2 Å². The van der Waals surface area contributed by atoms with Crippen LogP contribution in [0.3, 0.4) is 0 Å². The predicted molar refractivity (Wildman–Crippen MR) is 116 cm³/mol. The van der Waals surface area contributed by atoms with Crippen LogP contribution < -0.4 is 15.6 Å². The lowest BCUT2D eigenvalue weighted by Gasteiger charge is -2.14. The minimum atomic E-state index is -0.519. The summed E-state index contributed by atoms with van der Waals surface area (Å²) in [6, 6.07) is 11.9. The summed E-state index contributed by atoms with van der Waals surface area (Å²) in [4.78, 5) is 25.5. The third-order valence-electron chi connectivity index (χ3n) is 4.75. The number of nitrogens with one attached hydrogen (secondary N) is 1. The van der Waals surface area contributed by atoms with Crippen molar-refractivity contribution < 1.29 is 18.3 Å². The molecule has 0 fully saturated rings. The van der Waals surface area contributed by atoms with E-state index in [9.17, 15) is 14.0 Å². The Labute approximate surface area is 182 Å². The maximum Gasteiger partial charge on any atom is 0.257 e. The lowest BCUT2D eigenvalue weighted by molar-refractivity contribution is 0.102. The molecule has 4 aromatic rings. The molecule has 0 unspecified atom stereocenters. The van der Waals surface area contributed by atoms with E-state index in [0.29, 0.717) is 17.3 Å². The number of aryl methyl sites for hydroxylation is 2. The van der Waals surface area contributed by atoms with Gasteiger partial charge in [0.1, 0.15) is 11.6 Å². The Hall–Kier alpha value is -4.27. The van der Waals surface area contributed by atoms with Gasteiger partial charge < -0.3 is 14.5 Å². The van der Waals surface area contributed by atoms with Crippen molar-refractivity contribution >= 4 is 11.6 Å². The third kappa shape index (κ3) is 4.13. The van der Waals surface area contributed by atoms with Gasteiger partial charge in [-0.05, 0) is 48.9 Å². The van der Waals surface area contributed by atoms with Crippen molar-refractivity contribution in [1.82, 2.24) is 14.8 Å². The maximum absolute atomic E-state index is 13.8. The maximum atomic E-state index is 13.8. The van der Waals surface area contributed by atoms with E-state index in [1.807, 2.05) is 13.0 Å². The topological polar surface area (TPSA) is 99.2 Å². The summed E-state index contributed by atoms with van der Waals surface area (Å²) < 4.78 is 25.9. The lowest BCUT2D eigenvalue weighted by atomic mass is 10.1. The molecule has 0 atom stereocenters. The van der Waals surface area contributed by atoms with E-state index >= 15 is 0 Å². The Morgan fingerprint density at radius 2 is 1.91 bits per heavy atom. The fraction of sp³-hybridized carbons (Fsp3) is 0.130. The van der Waals surface area contributed by atoms with Gasteiger partial charge in [0.05, 0.1) is 29.6 Å². The van der Waals surface area contributed by atoms with Crippen LogP contribution in [0.15, 0.2) is 63.9 Å². The second kappa shape index (κ2) is 8.46. The number of hydrogen-bond acceptors (Lipinski definition) is 6. The molecule has 32 heavy (non-hydrogen) atoms. The van der Waals surface area contributed by atoms with Crippen molar-refractivity contribution in [3.05, 3.63) is 87.9 Å². The molecule has 2 aromatic carbocycles. The van der Waals surface area contributed by atoms with Crippen LogP contribution >= 0.6 is 0 Å². The number of anilines is 1. The van der Waals surface area contributed by atoms with E-state index in [-0.39, 0.29) is 28.3 Å². The molecule has 162 valence electrons. The predicted octanol–water partition coefficient (Wildman–Crippen LogP) is 3.90. The molecule has 0 saturated carbocycles. The molecule has 2 aromatic heterocycles. The van der Waals surface area contributed by atoms with Gasteiger partial charge in [-0.1, -0.05) is 6.07 Å². The molecule has 4 rings (SSSR count). The number of carbonyl (C=O) groups excluding carboxylic acids is 1. The van der Waals surface area contributed by atoms with Crippen LogP contribution in [0, 0.1) is 19.7 Å². The smallest absolute Gasteiger partial charge is 0.257 e. The van der Waals surface area contributed by atoms with E-state index in [0.717, 1.165) is 5.56 Å². The van der Waals surface area contributed by atoms with E-state index < -0.39 is 11.7 Å². The van der Waals surface area contributed by atoms with Gasteiger partial charge in [-0.3, -0.25) is 14.2 Å². The monoisotopic (exact) mass is 434 g/mol. The number of amides is 1. The van der Waals surface area contributed by atoms with Crippen LogP contribution in [0.4, 0.5) is 10.1 Å². The first-order valence-corrected chi connectivity index (χ1v) is 9.65. The largest absolute Gasteiger partial charge is 0.495 e. The molecule has 1 N–H and O–H groups in total. The molecule has 0 aliphatic carbocycles. The highest BCUT2D eigenvalue weighted by molar-refractivity contribution is 6.05. The average molecular weight is 434 g/mol. The van der Waals surface area contributed by atoms with Crippen molar-refractivity contribution in [3.8, 4) is 22.9 Å². The lowest BCUT2D eigenvalue weighted by Crippen LogP contribution is -2.21. The van der Waals surface area contributed by atoms with Crippen molar-refractivity contribution in [1.29, 1.82) is 0 Å². The number of rotatable bonds is 5. The number of halogens is 1. The summed E-state index contributed by atoms with van der Waals surface area (Å²) in [6.07, 6.45) is 1.43. The van der Waals surface area contributed by atoms with Crippen LogP contribution in [0.2, 0.25) is 0 Å². The standard InChI is InChI=1S/C23H19FN4O4/c1-13-4-8-20(31-3)19(10-13)28-12-15(5-9-21(28)29)22(30)25-18-7-6-16(24)11-17(18)23-27-26-14(2)32-23/h4-12H,1-3H3,(H,25,30). The normalized spacial score (nSPS) is 10.8. The number of pyridine rings is 1. The highest BCUT2D eigenvalue weighted by atomic mass is 19.1. The van der Waals surface area contributed by atoms with Crippen LogP contribution in [0.25, 0.3) is 17.1 Å². The highest BCUT2D eigenvalue weighted by Gasteiger charge is 2.17. The average Bonchev–Trinajstić information content (AvgIpc) is 3.21. The minimum Gasteiger partial charge on any atom is -0.495 e. The molecule has 0 radical (unpaired) electrons. The number of carbonyl (C=O) groups is 1. The van der Waals surface area contributed by atoms with Gasteiger partial charge in [-0.25, -0.2) is 4.39 Å². The first-order valence-electron chi connectivity index (χ1n) is 9.65. The molecule has 0 bridgehead atoms. The molecule has 0 aliphatic rings. The van der Waals surface area contributed by atoms with Gasteiger partial charge >= 0.3 is 0 Å². The number of benzene rings is 2. The number of hydrogen-bond donors (Lipinski definition) is 1. The zero-order valence-corrected chi connectivity index (χ0v) is 17.5. The van der Waals surface area contributed by atoms with Crippen LogP contribution in [-0.4, -0.2) is 27.8 Å². The van der Waals surface area contributed by atoms with Crippen molar-refractivity contribution in [2.75, 3.05) is 12.4 Å². The molecular weight excluding hydrogens is 415 g/mol.